The first-order chi connectivity index (χ1) is 19.4. The Hall–Kier alpha value is -3.26. The van der Waals surface area contributed by atoms with E-state index < -0.39 is 89.9 Å². The molecule has 2 saturated heterocycles. The number of amides is 3. The van der Waals surface area contributed by atoms with Crippen LogP contribution in [-0.4, -0.2) is 116 Å². The van der Waals surface area contributed by atoms with Crippen LogP contribution in [0.5, 0.6) is 0 Å². The van der Waals surface area contributed by atoms with E-state index in [1.165, 1.54) is 18.9 Å². The molecule has 1 aromatic heterocycles. The largest absolute Gasteiger partial charge is 0.456 e. The van der Waals surface area contributed by atoms with E-state index in [-0.39, 0.29) is 11.8 Å². The number of aliphatic hydroxyl groups excluding tert-OH is 3. The summed E-state index contributed by atoms with van der Waals surface area (Å²) in [5.41, 5.74) is 3.92. The van der Waals surface area contributed by atoms with Crippen molar-refractivity contribution in [3.05, 3.63) is 44.9 Å². The molecule has 0 aliphatic carbocycles. The molecule has 17 nitrogen and oxygen atoms in total. The van der Waals surface area contributed by atoms with Gasteiger partial charge in [-0.15, -0.1) is 0 Å². The molecule has 0 bridgehead atoms. The predicted molar refractivity (Wildman–Crippen MR) is 138 cm³/mol. The van der Waals surface area contributed by atoms with E-state index in [1.54, 1.807) is 0 Å². The number of methoxy groups -OCH3 is 1. The molecule has 0 radical (unpaired) electrons. The Balaban J connectivity index is 1.51. The second-order valence-electron chi connectivity index (χ2n) is 9.63. The van der Waals surface area contributed by atoms with Gasteiger partial charge in [-0.25, -0.2) is 4.79 Å². The Labute approximate surface area is 236 Å². The number of carbonyl (C=O) groups excluding carboxylic acids is 3. The van der Waals surface area contributed by atoms with Gasteiger partial charge >= 0.3 is 5.69 Å². The molecular weight excluding hydrogens is 570 g/mol. The number of thioether (sulfide) groups is 1. The Kier molecular flexibility index (Phi) is 9.52. The van der Waals surface area contributed by atoms with Crippen molar-refractivity contribution in [3.8, 4) is 0 Å². The molecule has 0 saturated carbocycles. The second-order valence-corrected chi connectivity index (χ2v) is 10.7. The lowest BCUT2D eigenvalue weighted by atomic mass is 10.0. The number of carbonyl (C=O) groups is 3. The standard InChI is InChI=1S/C23H31N5O12S/c1-8-6-41-7-9(19(34)25-8)26-20(35)11-5-10(29)13(31)22(38-11)40-17(18(24)33)16-15(37-2)14(32)21(39-16)28-4-3-12(30)27-23(28)36/h3-5,8-10,13-17,21-22,29,31-32H,6-7H2,1-2H3,(H2,24,33)(H,25,34)(H,26,35)(H,27,30,36)/t8-,9+,10+,13+,14-,15+,16+,17-,21-,22-/m1/s1. The minimum absolute atomic E-state index is 0.102. The summed E-state index contributed by atoms with van der Waals surface area (Å²) in [4.78, 5) is 63.5. The van der Waals surface area contributed by atoms with Crippen LogP contribution in [-0.2, 0) is 33.3 Å². The molecule has 4 heterocycles. The van der Waals surface area contributed by atoms with Crippen molar-refractivity contribution in [2.45, 2.75) is 68.1 Å². The number of rotatable bonds is 8. The molecule has 18 heteroatoms. The summed E-state index contributed by atoms with van der Waals surface area (Å²) < 4.78 is 22.9. The van der Waals surface area contributed by atoms with Crippen molar-refractivity contribution in [3.63, 3.8) is 0 Å². The van der Waals surface area contributed by atoms with Gasteiger partial charge in [0.25, 0.3) is 11.5 Å². The van der Waals surface area contributed by atoms with E-state index in [0.717, 1.165) is 22.9 Å². The average Bonchev–Trinajstić information content (AvgIpc) is 3.14. The van der Waals surface area contributed by atoms with Crippen LogP contribution >= 0.6 is 11.8 Å². The smallest absolute Gasteiger partial charge is 0.330 e. The summed E-state index contributed by atoms with van der Waals surface area (Å²) in [5, 5.41) is 36.9. The number of ether oxygens (including phenoxy) is 4. The number of aromatic amines is 1. The molecule has 8 N–H and O–H groups in total. The van der Waals surface area contributed by atoms with Crippen molar-refractivity contribution >= 4 is 29.5 Å². The Morgan fingerprint density at radius 1 is 1.22 bits per heavy atom. The number of hydrogen-bond donors (Lipinski definition) is 7. The zero-order valence-corrected chi connectivity index (χ0v) is 22.7. The molecule has 2 fully saturated rings. The highest BCUT2D eigenvalue weighted by Gasteiger charge is 2.52. The first-order valence-corrected chi connectivity index (χ1v) is 13.6. The highest BCUT2D eigenvalue weighted by Crippen LogP contribution is 2.34. The fourth-order valence-electron chi connectivity index (χ4n) is 4.55. The van der Waals surface area contributed by atoms with E-state index in [1.807, 2.05) is 11.9 Å². The third-order valence-electron chi connectivity index (χ3n) is 6.59. The van der Waals surface area contributed by atoms with Crippen molar-refractivity contribution in [2.24, 2.45) is 5.73 Å². The molecule has 3 aliphatic rings. The maximum atomic E-state index is 12.9. The zero-order chi connectivity index (χ0) is 30.0. The molecule has 226 valence electrons. The minimum Gasteiger partial charge on any atom is -0.456 e. The number of H-pyrrole nitrogens is 1. The summed E-state index contributed by atoms with van der Waals surface area (Å²) >= 11 is 1.45. The molecule has 41 heavy (non-hydrogen) atoms. The van der Waals surface area contributed by atoms with Gasteiger partial charge in [-0.2, -0.15) is 11.8 Å². The van der Waals surface area contributed by atoms with Crippen LogP contribution in [0.25, 0.3) is 0 Å². The number of nitrogens with two attached hydrogens (primary N) is 1. The molecule has 0 unspecified atom stereocenters. The van der Waals surface area contributed by atoms with E-state index in [0.29, 0.717) is 5.75 Å². The summed E-state index contributed by atoms with van der Waals surface area (Å²) in [6.07, 6.45) is -11.0. The first-order valence-electron chi connectivity index (χ1n) is 12.5. The van der Waals surface area contributed by atoms with Gasteiger partial charge in [-0.05, 0) is 13.0 Å². The van der Waals surface area contributed by atoms with Gasteiger partial charge in [0.15, 0.2) is 18.1 Å². The Bertz CT molecular complexity index is 1300. The van der Waals surface area contributed by atoms with Crippen LogP contribution in [0.1, 0.15) is 13.2 Å². The van der Waals surface area contributed by atoms with Crippen LogP contribution in [0.15, 0.2) is 33.7 Å². The number of aromatic nitrogens is 2. The molecule has 3 aliphatic heterocycles. The predicted octanol–water partition coefficient (Wildman–Crippen LogP) is -4.62. The lowest BCUT2D eigenvalue weighted by Crippen LogP contribution is -2.54. The van der Waals surface area contributed by atoms with Crippen LogP contribution < -0.4 is 27.6 Å². The van der Waals surface area contributed by atoms with Gasteiger partial charge in [0.1, 0.15) is 36.6 Å². The number of aliphatic hydroxyl groups is 3. The molecule has 1 aromatic rings. The Morgan fingerprint density at radius 3 is 2.61 bits per heavy atom. The summed E-state index contributed by atoms with van der Waals surface area (Å²) in [6.45, 7) is 1.82. The topological polar surface area (TPSA) is 254 Å². The minimum atomic E-state index is -1.85. The average molecular weight is 602 g/mol. The van der Waals surface area contributed by atoms with Gasteiger partial charge in [0.05, 0.1) is 0 Å². The SMILES string of the molecule is CO[C@H]1[C@@H](O)[C@H](n2ccc(=O)[nH]c2=O)O[C@@H]1[C@@H](O[C@H]1OC(C(=O)N[C@H]2CSC[C@@H](C)NC2=O)=C[C@H](O)[C@@H]1O)C(N)=O. The third kappa shape index (κ3) is 6.64. The molecule has 10 atom stereocenters. The maximum absolute atomic E-state index is 12.9. The first kappa shape index (κ1) is 30.7. The van der Waals surface area contributed by atoms with Crippen molar-refractivity contribution in [1.29, 1.82) is 0 Å². The molecule has 3 amide bonds. The van der Waals surface area contributed by atoms with Crippen LogP contribution in [0.3, 0.4) is 0 Å². The number of hydrogen-bond acceptors (Lipinski definition) is 13. The van der Waals surface area contributed by atoms with Gasteiger partial charge < -0.3 is 50.6 Å². The van der Waals surface area contributed by atoms with E-state index in [4.69, 9.17) is 24.7 Å². The van der Waals surface area contributed by atoms with E-state index >= 15 is 0 Å². The summed E-state index contributed by atoms with van der Waals surface area (Å²) in [6, 6.07) is 0.00146. The van der Waals surface area contributed by atoms with Crippen molar-refractivity contribution in [1.82, 2.24) is 20.2 Å². The van der Waals surface area contributed by atoms with Crippen LogP contribution in [0.2, 0.25) is 0 Å². The van der Waals surface area contributed by atoms with Gasteiger partial charge in [0.2, 0.25) is 18.1 Å². The lowest BCUT2D eigenvalue weighted by molar-refractivity contribution is -0.241. The molecule has 4 rings (SSSR count). The van der Waals surface area contributed by atoms with Gasteiger partial charge in [-0.3, -0.25) is 28.7 Å². The fourth-order valence-corrected chi connectivity index (χ4v) is 5.59. The number of primary amides is 1. The zero-order valence-electron chi connectivity index (χ0n) is 21.9. The second kappa shape index (κ2) is 12.7. The third-order valence-corrected chi connectivity index (χ3v) is 7.89. The Morgan fingerprint density at radius 2 is 1.95 bits per heavy atom. The summed E-state index contributed by atoms with van der Waals surface area (Å²) in [5.74, 6) is -2.04. The summed E-state index contributed by atoms with van der Waals surface area (Å²) in [7, 11) is 1.18. The monoisotopic (exact) mass is 601 g/mol. The normalized spacial score (nSPS) is 34.5. The molecule has 0 spiro atoms. The molecular formula is C23H31N5O12S. The number of nitrogens with zero attached hydrogens (tertiary/aromatic N) is 1. The van der Waals surface area contributed by atoms with E-state index in [2.05, 4.69) is 10.6 Å². The maximum Gasteiger partial charge on any atom is 0.330 e. The fraction of sp³-hybridized carbons (Fsp3) is 0.609. The lowest BCUT2D eigenvalue weighted by Gasteiger charge is -2.35. The van der Waals surface area contributed by atoms with E-state index in [9.17, 15) is 39.3 Å². The van der Waals surface area contributed by atoms with Crippen LogP contribution in [0, 0.1) is 0 Å². The number of nitrogens with one attached hydrogen (secondary N) is 3. The molecule has 0 aromatic carbocycles. The quantitative estimate of drug-likeness (QED) is 0.148. The van der Waals surface area contributed by atoms with Crippen molar-refractivity contribution in [2.75, 3.05) is 18.6 Å². The van der Waals surface area contributed by atoms with Crippen molar-refractivity contribution < 1.29 is 48.7 Å². The van der Waals surface area contributed by atoms with Crippen LogP contribution in [0.4, 0.5) is 0 Å². The van der Waals surface area contributed by atoms with Gasteiger partial charge in [-0.1, -0.05) is 0 Å². The highest BCUT2D eigenvalue weighted by atomic mass is 32.2. The highest BCUT2D eigenvalue weighted by molar-refractivity contribution is 7.99. The van der Waals surface area contributed by atoms with Gasteiger partial charge in [0, 0.05) is 36.9 Å².